The van der Waals surface area contributed by atoms with Crippen LogP contribution >= 0.6 is 11.3 Å². The first-order valence-corrected chi connectivity index (χ1v) is 8.51. The van der Waals surface area contributed by atoms with Crippen molar-refractivity contribution in [2.75, 3.05) is 14.2 Å². The molecule has 2 aromatic carbocycles. The number of methoxy groups -OCH3 is 2. The van der Waals surface area contributed by atoms with Crippen LogP contribution in [0.3, 0.4) is 0 Å². The molecular weight excluding hydrogens is 352 g/mol. The van der Waals surface area contributed by atoms with E-state index in [1.54, 1.807) is 31.5 Å². The number of nitrogens with zero attached hydrogens (tertiary/aromatic N) is 4. The van der Waals surface area contributed by atoms with E-state index in [2.05, 4.69) is 20.2 Å². The van der Waals surface area contributed by atoms with Crippen LogP contribution in [0.5, 0.6) is 17.2 Å². The third-order valence-electron chi connectivity index (χ3n) is 3.83. The van der Waals surface area contributed by atoms with Crippen molar-refractivity contribution in [1.82, 2.24) is 15.2 Å². The molecule has 8 heteroatoms. The van der Waals surface area contributed by atoms with Gasteiger partial charge in [0.25, 0.3) is 0 Å². The van der Waals surface area contributed by atoms with Gasteiger partial charge in [-0.15, -0.1) is 10.2 Å². The van der Waals surface area contributed by atoms with E-state index in [0.29, 0.717) is 10.9 Å². The molecule has 0 radical (unpaired) electrons. The fraction of sp³-hybridized carbons (Fsp3) is 0.111. The first-order valence-electron chi connectivity index (χ1n) is 7.70. The number of aromatic nitrogens is 3. The van der Waals surface area contributed by atoms with Gasteiger partial charge < -0.3 is 14.6 Å². The lowest BCUT2D eigenvalue weighted by Gasteiger charge is -2.03. The Labute approximate surface area is 152 Å². The maximum atomic E-state index is 9.64. The monoisotopic (exact) mass is 366 g/mol. The predicted molar refractivity (Wildman–Crippen MR) is 100 cm³/mol. The van der Waals surface area contributed by atoms with Crippen molar-refractivity contribution in [3.8, 4) is 28.0 Å². The Morgan fingerprint density at radius 1 is 1.08 bits per heavy atom. The van der Waals surface area contributed by atoms with Crippen LogP contribution in [0.2, 0.25) is 0 Å². The summed E-state index contributed by atoms with van der Waals surface area (Å²) in [7, 11) is 3.12. The number of rotatable bonds is 4. The molecule has 1 N–H and O–H groups in total. The zero-order valence-corrected chi connectivity index (χ0v) is 14.8. The van der Waals surface area contributed by atoms with Crippen LogP contribution in [0.4, 0.5) is 5.13 Å². The van der Waals surface area contributed by atoms with Gasteiger partial charge in [-0.3, -0.25) is 0 Å². The molecule has 0 unspecified atom stereocenters. The predicted octanol–water partition coefficient (Wildman–Crippen LogP) is 3.66. The van der Waals surface area contributed by atoms with Crippen molar-refractivity contribution >= 4 is 33.6 Å². The van der Waals surface area contributed by atoms with Gasteiger partial charge in [0.05, 0.1) is 19.7 Å². The number of ether oxygens (including phenoxy) is 2. The quantitative estimate of drug-likeness (QED) is 0.554. The highest BCUT2D eigenvalue weighted by Crippen LogP contribution is 2.36. The fourth-order valence-corrected chi connectivity index (χ4v) is 3.28. The first-order chi connectivity index (χ1) is 12.7. The summed E-state index contributed by atoms with van der Waals surface area (Å²) in [5.74, 6) is 1.22. The van der Waals surface area contributed by atoms with Gasteiger partial charge in [-0.25, -0.2) is 9.98 Å². The molecule has 0 saturated heterocycles. The summed E-state index contributed by atoms with van der Waals surface area (Å²) in [5.41, 5.74) is 2.35. The molecule has 2 aliphatic rings. The molecule has 26 heavy (non-hydrogen) atoms. The molecule has 2 aromatic rings. The van der Waals surface area contributed by atoms with Gasteiger partial charge in [-0.1, -0.05) is 11.3 Å². The van der Waals surface area contributed by atoms with Gasteiger partial charge in [0.1, 0.15) is 16.5 Å². The van der Waals surface area contributed by atoms with Gasteiger partial charge in [0.15, 0.2) is 11.5 Å². The Balaban J connectivity index is 1.69. The van der Waals surface area contributed by atoms with Crippen molar-refractivity contribution in [3.63, 3.8) is 0 Å². The Bertz CT molecular complexity index is 1090. The van der Waals surface area contributed by atoms with Gasteiger partial charge in [-0.2, -0.15) is 0 Å². The standard InChI is InChI=1S/C18H14N4O3S/c1-24-11-4-5-13-12(8-11)16-17(20-13)26-18(22-21-16)19-9-10-3-6-14(23)15(7-10)25-2/h3-9,23H,1-2H3/b19-9+. The number of aromatic hydroxyl groups is 1. The van der Waals surface area contributed by atoms with E-state index < -0.39 is 0 Å². The third kappa shape index (κ3) is 2.91. The van der Waals surface area contributed by atoms with Crippen LogP contribution in [0, 0.1) is 0 Å². The van der Waals surface area contributed by atoms with E-state index in [-0.39, 0.29) is 5.75 Å². The molecule has 130 valence electrons. The molecule has 0 spiro atoms. The minimum atomic E-state index is 0.0803. The minimum Gasteiger partial charge on any atom is -0.504 e. The van der Waals surface area contributed by atoms with E-state index in [1.807, 2.05) is 18.2 Å². The van der Waals surface area contributed by atoms with Gasteiger partial charge >= 0.3 is 0 Å². The second-order valence-electron chi connectivity index (χ2n) is 5.42. The Morgan fingerprint density at radius 2 is 1.96 bits per heavy atom. The molecular formula is C18H14N4O3S. The second kappa shape index (κ2) is 6.57. The molecule has 0 atom stereocenters. The summed E-state index contributed by atoms with van der Waals surface area (Å²) < 4.78 is 10.3. The number of phenols is 1. The molecule has 7 nitrogen and oxygen atoms in total. The highest BCUT2D eigenvalue weighted by molar-refractivity contribution is 7.18. The van der Waals surface area contributed by atoms with E-state index in [9.17, 15) is 5.11 Å². The van der Waals surface area contributed by atoms with Crippen molar-refractivity contribution in [1.29, 1.82) is 0 Å². The summed E-state index contributed by atoms with van der Waals surface area (Å²) in [6.07, 6.45) is 1.64. The smallest absolute Gasteiger partial charge is 0.231 e. The van der Waals surface area contributed by atoms with Gasteiger partial charge in [0.2, 0.25) is 5.13 Å². The summed E-state index contributed by atoms with van der Waals surface area (Å²) in [6, 6.07) is 10.6. The first kappa shape index (κ1) is 16.2. The minimum absolute atomic E-state index is 0.0803. The highest BCUT2D eigenvalue weighted by Gasteiger charge is 2.16. The molecule has 4 rings (SSSR count). The van der Waals surface area contributed by atoms with Crippen LogP contribution in [0.1, 0.15) is 5.56 Å². The summed E-state index contributed by atoms with van der Waals surface area (Å²) in [6.45, 7) is 0. The number of aliphatic imine (C=N–C) groups is 1. The van der Waals surface area contributed by atoms with Crippen molar-refractivity contribution in [3.05, 3.63) is 42.0 Å². The summed E-state index contributed by atoms with van der Waals surface area (Å²) in [5, 5.41) is 20.2. The van der Waals surface area contributed by atoms with Crippen LogP contribution < -0.4 is 9.47 Å². The normalized spacial score (nSPS) is 11.5. The molecule has 0 saturated carbocycles. The molecule has 0 aromatic heterocycles. The van der Waals surface area contributed by atoms with Crippen LogP contribution in [0.25, 0.3) is 21.6 Å². The van der Waals surface area contributed by atoms with Crippen LogP contribution in [-0.4, -0.2) is 40.7 Å². The zero-order chi connectivity index (χ0) is 18.1. The summed E-state index contributed by atoms with van der Waals surface area (Å²) in [4.78, 5) is 8.93. The van der Waals surface area contributed by atoms with E-state index in [0.717, 1.165) is 32.9 Å². The molecule has 0 amide bonds. The van der Waals surface area contributed by atoms with Gasteiger partial charge in [0, 0.05) is 11.6 Å². The maximum absolute atomic E-state index is 9.64. The lowest BCUT2D eigenvalue weighted by atomic mass is 10.2. The lowest BCUT2D eigenvalue weighted by molar-refractivity contribution is 0.373. The Kier molecular flexibility index (Phi) is 4.10. The Hall–Kier alpha value is -3.26. The van der Waals surface area contributed by atoms with Crippen molar-refractivity contribution in [2.24, 2.45) is 4.99 Å². The van der Waals surface area contributed by atoms with Gasteiger partial charge in [-0.05, 0) is 42.0 Å². The van der Waals surface area contributed by atoms with Crippen molar-refractivity contribution in [2.45, 2.75) is 0 Å². The Morgan fingerprint density at radius 3 is 2.77 bits per heavy atom. The fourth-order valence-electron chi connectivity index (χ4n) is 2.53. The molecule has 0 aliphatic carbocycles. The highest BCUT2D eigenvalue weighted by atomic mass is 32.1. The average molecular weight is 366 g/mol. The van der Waals surface area contributed by atoms with Crippen LogP contribution in [-0.2, 0) is 0 Å². The maximum Gasteiger partial charge on any atom is 0.231 e. The average Bonchev–Trinajstić information content (AvgIpc) is 3.04. The SMILES string of the molecule is COc1ccc2nc3sc(/N=C/c4ccc(O)c(OC)c4)nnc-3c2c1. The largest absolute Gasteiger partial charge is 0.504 e. The number of fused-ring (bicyclic) bond motifs is 3. The number of hydrogen-bond donors (Lipinski definition) is 1. The number of hydrogen-bond acceptors (Lipinski definition) is 8. The number of phenolic OH excluding ortho intramolecular Hbond substituents is 1. The second-order valence-corrected chi connectivity index (χ2v) is 6.38. The lowest BCUT2D eigenvalue weighted by Crippen LogP contribution is -1.88. The number of benzene rings is 2. The van der Waals surface area contributed by atoms with Crippen molar-refractivity contribution < 1.29 is 14.6 Å². The van der Waals surface area contributed by atoms with E-state index in [4.69, 9.17) is 9.47 Å². The van der Waals surface area contributed by atoms with Crippen LogP contribution in [0.15, 0.2) is 41.4 Å². The molecule has 2 aliphatic heterocycles. The zero-order valence-electron chi connectivity index (χ0n) is 14.0. The third-order valence-corrected chi connectivity index (χ3v) is 4.68. The molecule has 0 fully saturated rings. The molecule has 0 bridgehead atoms. The molecule has 2 heterocycles. The summed E-state index contributed by atoms with van der Waals surface area (Å²) >= 11 is 1.35. The van der Waals surface area contributed by atoms with E-state index in [1.165, 1.54) is 18.4 Å². The van der Waals surface area contributed by atoms with E-state index >= 15 is 0 Å². The topological polar surface area (TPSA) is 89.7 Å².